The summed E-state index contributed by atoms with van der Waals surface area (Å²) in [7, 11) is 0. The standard InChI is InChI=1S/C26H28F6N6O2/c27-25(28,29)23-33-19-5-1-3-7-21(19)37(23)15-17(39)13-35-9-11-36(12-10-35)14-18(40)16-38-22-8-4-2-6-20(22)34-24(38)26(30,31)32/h1-8,17-18,39-40H,9-16H2/t17-,18+. The highest BCUT2D eigenvalue weighted by Gasteiger charge is 2.39. The molecular weight excluding hydrogens is 542 g/mol. The van der Waals surface area contributed by atoms with Crippen molar-refractivity contribution in [2.24, 2.45) is 0 Å². The van der Waals surface area contributed by atoms with Crippen molar-refractivity contribution in [3.8, 4) is 0 Å². The van der Waals surface area contributed by atoms with Crippen LogP contribution in [0.25, 0.3) is 22.1 Å². The van der Waals surface area contributed by atoms with Crippen LogP contribution >= 0.6 is 0 Å². The maximum absolute atomic E-state index is 13.6. The van der Waals surface area contributed by atoms with Crippen molar-refractivity contribution in [2.45, 2.75) is 37.7 Å². The molecule has 3 heterocycles. The van der Waals surface area contributed by atoms with E-state index >= 15 is 0 Å². The fraction of sp³-hybridized carbons (Fsp3) is 0.462. The van der Waals surface area contributed by atoms with E-state index in [0.717, 1.165) is 9.13 Å². The molecule has 0 amide bonds. The molecule has 4 aromatic rings. The molecule has 1 aliphatic rings. The number of rotatable bonds is 8. The zero-order chi connectivity index (χ0) is 28.7. The Morgan fingerprint density at radius 2 is 0.950 bits per heavy atom. The minimum absolute atomic E-state index is 0.135. The summed E-state index contributed by atoms with van der Waals surface area (Å²) in [6.07, 6.45) is -11.5. The molecule has 1 saturated heterocycles. The van der Waals surface area contributed by atoms with Gasteiger partial charge < -0.3 is 19.3 Å². The third-order valence-corrected chi connectivity index (χ3v) is 7.01. The average molecular weight is 571 g/mol. The Kier molecular flexibility index (Phi) is 7.79. The van der Waals surface area contributed by atoms with E-state index in [1.165, 1.54) is 24.3 Å². The summed E-state index contributed by atoms with van der Waals surface area (Å²) in [4.78, 5) is 11.2. The number of halogens is 6. The van der Waals surface area contributed by atoms with Gasteiger partial charge in [-0.15, -0.1) is 0 Å². The first kappa shape index (κ1) is 28.3. The van der Waals surface area contributed by atoms with Crippen LogP contribution in [0.1, 0.15) is 11.6 Å². The summed E-state index contributed by atoms with van der Waals surface area (Å²) in [5, 5.41) is 21.3. The average Bonchev–Trinajstić information content (AvgIpc) is 3.44. The number of aliphatic hydroxyl groups is 2. The quantitative estimate of drug-likeness (QED) is 0.316. The van der Waals surface area contributed by atoms with E-state index in [1.54, 1.807) is 24.3 Å². The first-order chi connectivity index (χ1) is 18.9. The van der Waals surface area contributed by atoms with Gasteiger partial charge in [0.2, 0.25) is 11.6 Å². The van der Waals surface area contributed by atoms with Crippen LogP contribution in [0, 0.1) is 0 Å². The molecule has 1 fully saturated rings. The van der Waals surface area contributed by atoms with E-state index < -0.39 is 36.2 Å². The summed E-state index contributed by atoms with van der Waals surface area (Å²) in [6.45, 7) is 1.60. The third-order valence-electron chi connectivity index (χ3n) is 7.01. The zero-order valence-corrected chi connectivity index (χ0v) is 21.3. The van der Waals surface area contributed by atoms with Gasteiger partial charge in [0, 0.05) is 39.3 Å². The number of aromatic nitrogens is 4. The summed E-state index contributed by atoms with van der Waals surface area (Å²) in [5.41, 5.74) is 0.958. The minimum Gasteiger partial charge on any atom is -0.390 e. The second-order valence-corrected chi connectivity index (χ2v) is 9.97. The van der Waals surface area contributed by atoms with E-state index in [-0.39, 0.29) is 48.2 Å². The Morgan fingerprint density at radius 1 is 0.600 bits per heavy atom. The molecule has 0 spiro atoms. The van der Waals surface area contributed by atoms with E-state index in [0.29, 0.717) is 26.2 Å². The Hall–Kier alpha value is -3.20. The van der Waals surface area contributed by atoms with Gasteiger partial charge >= 0.3 is 12.4 Å². The maximum Gasteiger partial charge on any atom is 0.449 e. The second kappa shape index (κ2) is 11.0. The van der Waals surface area contributed by atoms with E-state index in [4.69, 9.17) is 0 Å². The molecule has 0 radical (unpaired) electrons. The molecule has 2 aromatic carbocycles. The zero-order valence-electron chi connectivity index (χ0n) is 21.3. The molecule has 216 valence electrons. The molecule has 0 saturated carbocycles. The lowest BCUT2D eigenvalue weighted by molar-refractivity contribution is -0.148. The molecule has 0 bridgehead atoms. The highest BCUT2D eigenvalue weighted by molar-refractivity contribution is 5.76. The molecule has 14 heteroatoms. The lowest BCUT2D eigenvalue weighted by atomic mass is 10.2. The monoisotopic (exact) mass is 570 g/mol. The highest BCUT2D eigenvalue weighted by Crippen LogP contribution is 2.33. The SMILES string of the molecule is O[C@H](CN1CCN(C[C@H](O)Cn2c(C(F)(F)F)nc3ccccc32)CC1)Cn1c(C(F)(F)F)nc2ccccc21. The third kappa shape index (κ3) is 6.09. The van der Waals surface area contributed by atoms with Gasteiger partial charge in [0.15, 0.2) is 0 Å². The van der Waals surface area contributed by atoms with E-state index in [9.17, 15) is 36.6 Å². The summed E-state index contributed by atoms with van der Waals surface area (Å²) < 4.78 is 83.3. The fourth-order valence-corrected chi connectivity index (χ4v) is 5.24. The number of nitrogens with zero attached hydrogens (tertiary/aromatic N) is 6. The molecular formula is C26H28F6N6O2. The molecule has 1 aliphatic heterocycles. The predicted octanol–water partition coefficient (Wildman–Crippen LogP) is 3.46. The largest absolute Gasteiger partial charge is 0.449 e. The number of hydrogen-bond donors (Lipinski definition) is 2. The van der Waals surface area contributed by atoms with Crippen molar-refractivity contribution in [2.75, 3.05) is 39.3 Å². The molecule has 2 N–H and O–H groups in total. The highest BCUT2D eigenvalue weighted by atomic mass is 19.4. The smallest absolute Gasteiger partial charge is 0.390 e. The van der Waals surface area contributed by atoms with Crippen LogP contribution in [-0.4, -0.2) is 90.6 Å². The van der Waals surface area contributed by atoms with Gasteiger partial charge in [-0.05, 0) is 24.3 Å². The number of alkyl halides is 6. The summed E-state index contributed by atoms with van der Waals surface area (Å²) >= 11 is 0. The van der Waals surface area contributed by atoms with Crippen LogP contribution in [-0.2, 0) is 25.4 Å². The normalized spacial score (nSPS) is 17.6. The molecule has 0 aliphatic carbocycles. The Bertz CT molecular complexity index is 1350. The van der Waals surface area contributed by atoms with Gasteiger partial charge in [-0.25, -0.2) is 9.97 Å². The Labute approximate surface area is 225 Å². The van der Waals surface area contributed by atoms with Crippen LogP contribution < -0.4 is 0 Å². The molecule has 0 unspecified atom stereocenters. The topological polar surface area (TPSA) is 82.6 Å². The Balaban J connectivity index is 1.16. The van der Waals surface area contributed by atoms with Gasteiger partial charge in [-0.1, -0.05) is 24.3 Å². The van der Waals surface area contributed by atoms with Gasteiger partial charge in [-0.3, -0.25) is 9.80 Å². The molecule has 8 nitrogen and oxygen atoms in total. The number of para-hydroxylation sites is 4. The second-order valence-electron chi connectivity index (χ2n) is 9.97. The van der Waals surface area contributed by atoms with Crippen molar-refractivity contribution < 1.29 is 36.6 Å². The van der Waals surface area contributed by atoms with Crippen LogP contribution in [0.15, 0.2) is 48.5 Å². The maximum atomic E-state index is 13.6. The van der Waals surface area contributed by atoms with Gasteiger partial charge in [-0.2, -0.15) is 26.3 Å². The number of benzene rings is 2. The van der Waals surface area contributed by atoms with Gasteiger partial charge in [0.05, 0.1) is 47.4 Å². The molecule has 2 aromatic heterocycles. The van der Waals surface area contributed by atoms with Crippen LogP contribution in [0.5, 0.6) is 0 Å². The van der Waals surface area contributed by atoms with E-state index in [1.807, 2.05) is 9.80 Å². The van der Waals surface area contributed by atoms with Crippen molar-refractivity contribution in [1.82, 2.24) is 28.9 Å². The van der Waals surface area contributed by atoms with Gasteiger partial charge in [0.1, 0.15) is 0 Å². The van der Waals surface area contributed by atoms with Crippen LogP contribution in [0.4, 0.5) is 26.3 Å². The number of piperazine rings is 1. The summed E-state index contributed by atoms with van der Waals surface area (Å²) in [6, 6.07) is 12.4. The van der Waals surface area contributed by atoms with Crippen molar-refractivity contribution in [3.05, 3.63) is 60.2 Å². The lowest BCUT2D eigenvalue weighted by Gasteiger charge is -2.36. The number of β-amino-alcohol motifs (C(OH)–C–C–N with tert-alkyl or cyclic N) is 2. The fourth-order valence-electron chi connectivity index (χ4n) is 5.24. The first-order valence-corrected chi connectivity index (χ1v) is 12.8. The molecule has 40 heavy (non-hydrogen) atoms. The van der Waals surface area contributed by atoms with Crippen molar-refractivity contribution >= 4 is 22.1 Å². The number of hydrogen-bond acceptors (Lipinski definition) is 6. The predicted molar refractivity (Wildman–Crippen MR) is 134 cm³/mol. The number of fused-ring (bicyclic) bond motifs is 2. The van der Waals surface area contributed by atoms with Crippen molar-refractivity contribution in [3.63, 3.8) is 0 Å². The van der Waals surface area contributed by atoms with E-state index in [2.05, 4.69) is 9.97 Å². The van der Waals surface area contributed by atoms with Crippen LogP contribution in [0.2, 0.25) is 0 Å². The number of imidazole rings is 2. The van der Waals surface area contributed by atoms with Crippen molar-refractivity contribution in [1.29, 1.82) is 0 Å². The molecule has 2 atom stereocenters. The summed E-state index contributed by atoms with van der Waals surface area (Å²) in [5.74, 6) is -2.13. The molecule has 5 rings (SSSR count). The minimum atomic E-state index is -4.67. The lowest BCUT2D eigenvalue weighted by Crippen LogP contribution is -2.51. The van der Waals surface area contributed by atoms with Crippen LogP contribution in [0.3, 0.4) is 0 Å². The first-order valence-electron chi connectivity index (χ1n) is 12.8. The van der Waals surface area contributed by atoms with Gasteiger partial charge in [0.25, 0.3) is 0 Å². The Morgan fingerprint density at radius 3 is 1.30 bits per heavy atom. The number of aliphatic hydroxyl groups excluding tert-OH is 2.